The van der Waals surface area contributed by atoms with Crippen LogP contribution in [0, 0.1) is 5.82 Å². The maximum Gasteiger partial charge on any atom is 0.294 e. The first kappa shape index (κ1) is 25.5. The van der Waals surface area contributed by atoms with Crippen LogP contribution in [0.4, 0.5) is 14.9 Å². The number of benzene rings is 3. The van der Waals surface area contributed by atoms with Gasteiger partial charge < -0.3 is 14.8 Å². The van der Waals surface area contributed by atoms with Gasteiger partial charge in [-0.25, -0.2) is 4.39 Å². The molecule has 10 heteroatoms. The zero-order valence-corrected chi connectivity index (χ0v) is 21.4. The molecule has 7 nitrogen and oxygen atoms in total. The van der Waals surface area contributed by atoms with Crippen LogP contribution in [0.15, 0.2) is 76.1 Å². The van der Waals surface area contributed by atoms with Crippen LogP contribution in [-0.2, 0) is 16.2 Å². The lowest BCUT2D eigenvalue weighted by Gasteiger charge is -2.14. The van der Waals surface area contributed by atoms with Gasteiger partial charge in [-0.15, -0.1) is 0 Å². The van der Waals surface area contributed by atoms with Crippen molar-refractivity contribution in [3.05, 3.63) is 93.1 Å². The smallest absolute Gasteiger partial charge is 0.294 e. The van der Waals surface area contributed by atoms with Crippen LogP contribution in [0.5, 0.6) is 11.5 Å². The Morgan fingerprint density at radius 1 is 1.11 bits per heavy atom. The van der Waals surface area contributed by atoms with Crippen LogP contribution >= 0.6 is 27.7 Å². The summed E-state index contributed by atoms with van der Waals surface area (Å²) in [5.74, 6) is -0.784. The lowest BCUT2D eigenvalue weighted by molar-refractivity contribution is -0.127. The Bertz CT molecular complexity index is 1350. The van der Waals surface area contributed by atoms with Crippen molar-refractivity contribution in [2.45, 2.75) is 6.61 Å². The van der Waals surface area contributed by atoms with Gasteiger partial charge in [-0.1, -0.05) is 36.4 Å². The largest absolute Gasteiger partial charge is 0.493 e. The van der Waals surface area contributed by atoms with E-state index < -0.39 is 29.4 Å². The molecule has 0 atom stereocenters. The van der Waals surface area contributed by atoms with Gasteiger partial charge in [0.2, 0.25) is 5.91 Å². The molecule has 1 aliphatic rings. The number of methoxy groups -OCH3 is 1. The number of halogens is 2. The first-order chi connectivity index (χ1) is 17.3. The van der Waals surface area contributed by atoms with Gasteiger partial charge in [-0.2, -0.15) is 0 Å². The van der Waals surface area contributed by atoms with E-state index in [9.17, 15) is 18.8 Å². The summed E-state index contributed by atoms with van der Waals surface area (Å²) >= 11 is 4.22. The molecule has 0 bridgehead atoms. The molecule has 3 amide bonds. The molecule has 4 rings (SSSR count). The number of carbonyl (C=O) groups excluding carboxylic acids is 3. The Morgan fingerprint density at radius 3 is 2.61 bits per heavy atom. The van der Waals surface area contributed by atoms with Gasteiger partial charge in [0.05, 0.1) is 16.5 Å². The number of amides is 3. The lowest BCUT2D eigenvalue weighted by Crippen LogP contribution is -2.36. The fourth-order valence-electron chi connectivity index (χ4n) is 3.39. The van der Waals surface area contributed by atoms with Crippen molar-refractivity contribution in [1.82, 2.24) is 4.90 Å². The second-order valence-electron chi connectivity index (χ2n) is 7.63. The minimum atomic E-state index is -0.617. The third-order valence-corrected chi connectivity index (χ3v) is 6.56. The van der Waals surface area contributed by atoms with Crippen molar-refractivity contribution in [3.8, 4) is 11.5 Å². The van der Waals surface area contributed by atoms with E-state index in [1.54, 1.807) is 18.2 Å². The van der Waals surface area contributed by atoms with Crippen molar-refractivity contribution < 1.29 is 28.2 Å². The molecule has 0 aromatic heterocycles. The highest BCUT2D eigenvalue weighted by molar-refractivity contribution is 9.10. The molecule has 0 spiro atoms. The zero-order valence-electron chi connectivity index (χ0n) is 19.0. The molecule has 3 aromatic carbocycles. The second-order valence-corrected chi connectivity index (χ2v) is 9.48. The van der Waals surface area contributed by atoms with Crippen molar-refractivity contribution >= 4 is 56.5 Å². The Balaban J connectivity index is 1.47. The molecule has 184 valence electrons. The van der Waals surface area contributed by atoms with E-state index >= 15 is 0 Å². The quantitative estimate of drug-likeness (QED) is 0.342. The van der Waals surface area contributed by atoms with Crippen molar-refractivity contribution in [3.63, 3.8) is 0 Å². The number of nitrogens with zero attached hydrogens (tertiary/aromatic N) is 1. The number of imide groups is 1. The van der Waals surface area contributed by atoms with Crippen molar-refractivity contribution in [2.24, 2.45) is 0 Å². The predicted molar refractivity (Wildman–Crippen MR) is 139 cm³/mol. The molecule has 3 aromatic rings. The summed E-state index contributed by atoms with van der Waals surface area (Å²) in [6, 6.07) is 18.4. The van der Waals surface area contributed by atoms with Gasteiger partial charge in [0.1, 0.15) is 19.0 Å². The fourth-order valence-corrected chi connectivity index (χ4v) is 4.80. The van der Waals surface area contributed by atoms with Crippen LogP contribution in [0.25, 0.3) is 6.08 Å². The van der Waals surface area contributed by atoms with Gasteiger partial charge in [-0.3, -0.25) is 19.3 Å². The van der Waals surface area contributed by atoms with Crippen LogP contribution < -0.4 is 14.8 Å². The second kappa shape index (κ2) is 11.4. The van der Waals surface area contributed by atoms with Crippen LogP contribution in [-0.4, -0.2) is 35.6 Å². The molecule has 0 radical (unpaired) electrons. The minimum absolute atomic E-state index is 0.158. The summed E-state index contributed by atoms with van der Waals surface area (Å²) in [5.41, 5.74) is 1.82. The average molecular weight is 571 g/mol. The van der Waals surface area contributed by atoms with E-state index in [2.05, 4.69) is 21.2 Å². The van der Waals surface area contributed by atoms with E-state index in [1.807, 2.05) is 30.3 Å². The number of ether oxygens (including phenoxy) is 2. The minimum Gasteiger partial charge on any atom is -0.493 e. The number of thioether (sulfide) groups is 1. The summed E-state index contributed by atoms with van der Waals surface area (Å²) < 4.78 is 25.3. The topological polar surface area (TPSA) is 84.9 Å². The summed E-state index contributed by atoms with van der Waals surface area (Å²) in [6.45, 7) is -0.149. The van der Waals surface area contributed by atoms with Crippen LogP contribution in [0.3, 0.4) is 0 Å². The molecule has 36 heavy (non-hydrogen) atoms. The van der Waals surface area contributed by atoms with E-state index in [0.29, 0.717) is 28.1 Å². The number of rotatable bonds is 8. The molecule has 0 aliphatic carbocycles. The highest BCUT2D eigenvalue weighted by Crippen LogP contribution is 2.39. The predicted octanol–water partition coefficient (Wildman–Crippen LogP) is 5.85. The summed E-state index contributed by atoms with van der Waals surface area (Å²) in [5, 5.41) is 1.90. The first-order valence-corrected chi connectivity index (χ1v) is 12.3. The lowest BCUT2D eigenvalue weighted by atomic mass is 10.1. The highest BCUT2D eigenvalue weighted by Gasteiger charge is 2.36. The van der Waals surface area contributed by atoms with E-state index in [1.165, 1.54) is 25.3 Å². The van der Waals surface area contributed by atoms with E-state index in [0.717, 1.165) is 28.3 Å². The van der Waals surface area contributed by atoms with E-state index in [4.69, 9.17) is 9.47 Å². The first-order valence-electron chi connectivity index (χ1n) is 10.7. The molecular formula is C26H20BrFN2O5S. The number of nitrogens with one attached hydrogen (secondary N) is 1. The number of anilines is 1. The molecule has 0 unspecified atom stereocenters. The van der Waals surface area contributed by atoms with Gasteiger partial charge in [-0.05, 0) is 75.2 Å². The molecule has 1 aliphatic heterocycles. The maximum atomic E-state index is 13.3. The normalized spacial score (nSPS) is 14.3. The van der Waals surface area contributed by atoms with Gasteiger partial charge in [0.25, 0.3) is 11.1 Å². The third kappa shape index (κ3) is 6.13. The monoisotopic (exact) mass is 570 g/mol. The van der Waals surface area contributed by atoms with Gasteiger partial charge in [0.15, 0.2) is 11.5 Å². The standard InChI is InChI=1S/C26H20BrFN2O5S/c1-34-21-11-17(10-20(27)24(21)35-15-16-6-3-2-4-7-16)12-22-25(32)30(26(33)36-22)14-23(31)29-19-9-5-8-18(28)13-19/h2-13H,14-15H2,1H3,(H,29,31)/b22-12+. The summed E-state index contributed by atoms with van der Waals surface area (Å²) in [6.07, 6.45) is 1.55. The number of hydrogen-bond acceptors (Lipinski definition) is 6. The highest BCUT2D eigenvalue weighted by atomic mass is 79.9. The molecule has 1 saturated heterocycles. The maximum absolute atomic E-state index is 13.3. The Kier molecular flexibility index (Phi) is 8.07. The number of hydrogen-bond donors (Lipinski definition) is 1. The Morgan fingerprint density at radius 2 is 1.89 bits per heavy atom. The molecule has 1 fully saturated rings. The van der Waals surface area contributed by atoms with Gasteiger partial charge in [0, 0.05) is 5.69 Å². The molecule has 0 saturated carbocycles. The molecule has 1 heterocycles. The average Bonchev–Trinajstić information content (AvgIpc) is 3.11. The van der Waals surface area contributed by atoms with Gasteiger partial charge >= 0.3 is 0 Å². The van der Waals surface area contributed by atoms with E-state index in [-0.39, 0.29) is 10.6 Å². The SMILES string of the molecule is COc1cc(/C=C2/SC(=O)N(CC(=O)Nc3cccc(F)c3)C2=O)cc(Br)c1OCc1ccccc1. The van der Waals surface area contributed by atoms with Crippen LogP contribution in [0.1, 0.15) is 11.1 Å². The third-order valence-electron chi connectivity index (χ3n) is 5.06. The zero-order chi connectivity index (χ0) is 25.7. The Hall–Kier alpha value is -3.63. The van der Waals surface area contributed by atoms with Crippen LogP contribution in [0.2, 0.25) is 0 Å². The molecular weight excluding hydrogens is 551 g/mol. The summed E-state index contributed by atoms with van der Waals surface area (Å²) in [7, 11) is 1.51. The van der Waals surface area contributed by atoms with Crippen molar-refractivity contribution in [1.29, 1.82) is 0 Å². The number of carbonyl (C=O) groups is 3. The summed E-state index contributed by atoms with van der Waals surface area (Å²) in [4.78, 5) is 38.6. The molecule has 1 N–H and O–H groups in total. The Labute approximate surface area is 219 Å². The van der Waals surface area contributed by atoms with Crippen molar-refractivity contribution in [2.75, 3.05) is 19.0 Å². The fraction of sp³-hybridized carbons (Fsp3) is 0.115.